The summed E-state index contributed by atoms with van der Waals surface area (Å²) in [6.07, 6.45) is 2.70. The molecule has 0 saturated heterocycles. The average molecular weight is 289 g/mol. The number of carbonyl (C=O) groups excluding carboxylic acids is 2. The minimum atomic E-state index is -0.922. The zero-order valence-electron chi connectivity index (χ0n) is 10.9. The van der Waals surface area contributed by atoms with E-state index in [0.29, 0.717) is 11.3 Å². The Morgan fingerprint density at radius 1 is 1.24 bits per heavy atom. The maximum absolute atomic E-state index is 12.9. The number of hydrazone groups is 1. The third-order valence-electron chi connectivity index (χ3n) is 2.44. The highest BCUT2D eigenvalue weighted by molar-refractivity contribution is 6.35. The molecule has 0 bridgehead atoms. The smallest absolute Gasteiger partial charge is 0.329 e. The highest BCUT2D eigenvalue weighted by Crippen LogP contribution is 2.00. The number of hydrogen-bond acceptors (Lipinski definition) is 4. The molecule has 6 nitrogen and oxygen atoms in total. The van der Waals surface area contributed by atoms with Gasteiger partial charge in [-0.15, -0.1) is 0 Å². The molecule has 2 amide bonds. The van der Waals surface area contributed by atoms with Crippen molar-refractivity contribution in [1.82, 2.24) is 10.7 Å². The predicted octanol–water partition coefficient (Wildman–Crippen LogP) is 1.19. The van der Waals surface area contributed by atoms with E-state index in [2.05, 4.69) is 10.4 Å². The van der Waals surface area contributed by atoms with E-state index in [9.17, 15) is 14.0 Å². The van der Waals surface area contributed by atoms with E-state index in [1.165, 1.54) is 30.7 Å². The molecule has 0 atom stereocenters. The van der Waals surface area contributed by atoms with Gasteiger partial charge < -0.3 is 9.73 Å². The lowest BCUT2D eigenvalue weighted by Gasteiger charge is -2.01. The van der Waals surface area contributed by atoms with Crippen molar-refractivity contribution in [2.24, 2.45) is 5.10 Å². The fourth-order valence-corrected chi connectivity index (χ4v) is 1.46. The minimum absolute atomic E-state index is 0.104. The summed E-state index contributed by atoms with van der Waals surface area (Å²) < 4.78 is 17.9. The monoisotopic (exact) mass is 289 g/mol. The molecule has 0 aliphatic carbocycles. The molecule has 1 aromatic carbocycles. The van der Waals surface area contributed by atoms with Crippen molar-refractivity contribution < 1.29 is 18.4 Å². The highest BCUT2D eigenvalue weighted by atomic mass is 19.1. The summed E-state index contributed by atoms with van der Waals surface area (Å²) in [5.74, 6) is -1.65. The van der Waals surface area contributed by atoms with Gasteiger partial charge >= 0.3 is 11.8 Å². The number of amides is 2. The van der Waals surface area contributed by atoms with Gasteiger partial charge in [0.05, 0.1) is 19.0 Å². The van der Waals surface area contributed by atoms with E-state index >= 15 is 0 Å². The molecule has 0 spiro atoms. The second kappa shape index (κ2) is 6.99. The zero-order valence-corrected chi connectivity index (χ0v) is 10.9. The molecule has 0 saturated carbocycles. The lowest BCUT2D eigenvalue weighted by Crippen LogP contribution is -2.37. The quantitative estimate of drug-likeness (QED) is 0.503. The van der Waals surface area contributed by atoms with E-state index in [1.54, 1.807) is 18.2 Å². The number of carbonyl (C=O) groups is 2. The third-order valence-corrected chi connectivity index (χ3v) is 2.44. The fraction of sp³-hybridized carbons (Fsp3) is 0.0714. The summed E-state index contributed by atoms with van der Waals surface area (Å²) in [4.78, 5) is 22.9. The molecule has 108 valence electrons. The average Bonchev–Trinajstić information content (AvgIpc) is 2.98. The normalized spacial score (nSPS) is 10.5. The van der Waals surface area contributed by atoms with Crippen LogP contribution in [0.4, 0.5) is 4.39 Å². The molecule has 2 N–H and O–H groups in total. The van der Waals surface area contributed by atoms with E-state index < -0.39 is 17.6 Å². The van der Waals surface area contributed by atoms with Crippen molar-refractivity contribution in [1.29, 1.82) is 0 Å². The standard InChI is InChI=1S/C14H12FN3O3/c15-11-4-1-3-10(7-11)8-17-18-14(20)13(19)16-9-12-5-2-6-21-12/h1-8H,9H2,(H,16,19)(H,18,20)/b17-8-. The molecule has 2 aromatic rings. The first-order valence-corrected chi connectivity index (χ1v) is 6.04. The van der Waals surface area contributed by atoms with Gasteiger partial charge in [0.1, 0.15) is 11.6 Å². The Hall–Kier alpha value is -2.96. The van der Waals surface area contributed by atoms with Gasteiger partial charge in [0, 0.05) is 0 Å². The first-order valence-electron chi connectivity index (χ1n) is 6.04. The summed E-state index contributed by atoms with van der Waals surface area (Å²) in [7, 11) is 0. The molecule has 0 unspecified atom stereocenters. The van der Waals surface area contributed by atoms with Crippen LogP contribution in [0.15, 0.2) is 52.2 Å². The van der Waals surface area contributed by atoms with Crippen molar-refractivity contribution in [3.63, 3.8) is 0 Å². The third kappa shape index (κ3) is 4.57. The molecule has 2 rings (SSSR count). The Morgan fingerprint density at radius 3 is 2.81 bits per heavy atom. The second-order valence-electron chi connectivity index (χ2n) is 4.02. The number of benzene rings is 1. The van der Waals surface area contributed by atoms with Crippen LogP contribution in [0.3, 0.4) is 0 Å². The lowest BCUT2D eigenvalue weighted by atomic mass is 10.2. The van der Waals surface area contributed by atoms with Crippen molar-refractivity contribution in [3.8, 4) is 0 Å². The van der Waals surface area contributed by atoms with Crippen LogP contribution in [0.25, 0.3) is 0 Å². The first-order chi connectivity index (χ1) is 10.1. The number of nitrogens with zero attached hydrogens (tertiary/aromatic N) is 1. The Morgan fingerprint density at radius 2 is 2.10 bits per heavy atom. The molecule has 1 heterocycles. The van der Waals surface area contributed by atoms with Gasteiger partial charge in [-0.25, -0.2) is 9.82 Å². The zero-order chi connectivity index (χ0) is 15.1. The van der Waals surface area contributed by atoms with E-state index in [4.69, 9.17) is 4.42 Å². The topological polar surface area (TPSA) is 83.7 Å². The Bertz CT molecular complexity index is 653. The number of hydrogen-bond donors (Lipinski definition) is 2. The SMILES string of the molecule is O=C(NCc1ccco1)C(=O)N/N=C\c1cccc(F)c1. The fourth-order valence-electron chi connectivity index (χ4n) is 1.46. The van der Waals surface area contributed by atoms with Crippen molar-refractivity contribution in [2.45, 2.75) is 6.54 Å². The van der Waals surface area contributed by atoms with Crippen LogP contribution >= 0.6 is 0 Å². The van der Waals surface area contributed by atoms with Crippen LogP contribution in [0.2, 0.25) is 0 Å². The van der Waals surface area contributed by atoms with Gasteiger partial charge in [-0.05, 0) is 29.8 Å². The Balaban J connectivity index is 1.79. The van der Waals surface area contributed by atoms with Gasteiger partial charge in [0.25, 0.3) is 0 Å². The maximum Gasteiger partial charge on any atom is 0.329 e. The van der Waals surface area contributed by atoms with Gasteiger partial charge in [-0.2, -0.15) is 5.10 Å². The summed E-state index contributed by atoms with van der Waals surface area (Å²) >= 11 is 0. The van der Waals surface area contributed by atoms with Crippen molar-refractivity contribution in [3.05, 3.63) is 59.8 Å². The van der Waals surface area contributed by atoms with E-state index in [1.807, 2.05) is 5.43 Å². The summed E-state index contributed by atoms with van der Waals surface area (Å²) in [6, 6.07) is 8.99. The molecule has 21 heavy (non-hydrogen) atoms. The second-order valence-corrected chi connectivity index (χ2v) is 4.02. The van der Waals surface area contributed by atoms with Crippen LogP contribution in [-0.4, -0.2) is 18.0 Å². The molecule has 0 fully saturated rings. The minimum Gasteiger partial charge on any atom is -0.467 e. The summed E-state index contributed by atoms with van der Waals surface area (Å²) in [6.45, 7) is 0.104. The predicted molar refractivity (Wildman–Crippen MR) is 72.7 cm³/mol. The molecular weight excluding hydrogens is 277 g/mol. The lowest BCUT2D eigenvalue weighted by molar-refractivity contribution is -0.139. The molecule has 7 heteroatoms. The van der Waals surface area contributed by atoms with Crippen LogP contribution in [0.5, 0.6) is 0 Å². The van der Waals surface area contributed by atoms with Crippen LogP contribution in [-0.2, 0) is 16.1 Å². The van der Waals surface area contributed by atoms with Gasteiger partial charge in [0.15, 0.2) is 0 Å². The molecular formula is C14H12FN3O3. The van der Waals surface area contributed by atoms with E-state index in [0.717, 1.165) is 0 Å². The van der Waals surface area contributed by atoms with Crippen molar-refractivity contribution in [2.75, 3.05) is 0 Å². The first kappa shape index (κ1) is 14.4. The number of nitrogens with one attached hydrogen (secondary N) is 2. The molecule has 0 aliphatic rings. The van der Waals surface area contributed by atoms with Crippen LogP contribution in [0.1, 0.15) is 11.3 Å². The van der Waals surface area contributed by atoms with Gasteiger partial charge in [0.2, 0.25) is 0 Å². The van der Waals surface area contributed by atoms with Crippen molar-refractivity contribution >= 4 is 18.0 Å². The largest absolute Gasteiger partial charge is 0.467 e. The summed E-state index contributed by atoms with van der Waals surface area (Å²) in [5.41, 5.74) is 2.51. The van der Waals surface area contributed by atoms with Crippen LogP contribution < -0.4 is 10.7 Å². The number of rotatable bonds is 4. The highest BCUT2D eigenvalue weighted by Gasteiger charge is 2.12. The molecule has 1 aromatic heterocycles. The summed E-state index contributed by atoms with van der Waals surface area (Å²) in [5, 5.41) is 5.94. The Kier molecular flexibility index (Phi) is 4.81. The van der Waals surface area contributed by atoms with Crippen LogP contribution in [0, 0.1) is 5.82 Å². The molecule has 0 radical (unpaired) electrons. The number of furan rings is 1. The van der Waals surface area contributed by atoms with Gasteiger partial charge in [-0.1, -0.05) is 12.1 Å². The maximum atomic E-state index is 12.9. The van der Waals surface area contributed by atoms with Gasteiger partial charge in [-0.3, -0.25) is 9.59 Å². The number of halogens is 1. The molecule has 0 aliphatic heterocycles. The Labute approximate surface area is 119 Å². The van der Waals surface area contributed by atoms with E-state index in [-0.39, 0.29) is 6.54 Å².